The van der Waals surface area contributed by atoms with Crippen LogP contribution in [0.5, 0.6) is 0 Å². The molecule has 0 aromatic heterocycles. The van der Waals surface area contributed by atoms with E-state index in [4.69, 9.17) is 0 Å². The number of esters is 1. The molecule has 0 spiro atoms. The number of rotatable bonds is 7. The maximum absolute atomic E-state index is 10.8. The molecule has 0 aromatic rings. The molecule has 0 radical (unpaired) electrons. The molecule has 0 N–H and O–H groups in total. The molecule has 13 heavy (non-hydrogen) atoms. The standard InChI is InChI=1S/C10H16O3/c1-3-9(11)7-5-4-6-8-10(12)13-2/h3H,1,4-8H2,2H3. The monoisotopic (exact) mass is 184 g/mol. The molecule has 0 saturated heterocycles. The minimum Gasteiger partial charge on any atom is -0.469 e. The Morgan fingerprint density at radius 2 is 1.85 bits per heavy atom. The molecular weight excluding hydrogens is 168 g/mol. The van der Waals surface area contributed by atoms with E-state index in [0.717, 1.165) is 19.3 Å². The average Bonchev–Trinajstić information content (AvgIpc) is 2.16. The summed E-state index contributed by atoms with van der Waals surface area (Å²) in [5.74, 6) is -0.117. The Hall–Kier alpha value is -1.12. The maximum Gasteiger partial charge on any atom is 0.305 e. The Balaban J connectivity index is 3.21. The molecule has 74 valence electrons. The lowest BCUT2D eigenvalue weighted by Crippen LogP contribution is -1.99. The van der Waals surface area contributed by atoms with E-state index in [1.165, 1.54) is 13.2 Å². The molecule has 3 heteroatoms. The number of allylic oxidation sites excluding steroid dienone is 1. The Labute approximate surface area is 78.8 Å². The van der Waals surface area contributed by atoms with Crippen molar-refractivity contribution in [3.8, 4) is 0 Å². The molecule has 0 aliphatic carbocycles. The number of unbranched alkanes of at least 4 members (excludes halogenated alkanes) is 2. The molecule has 0 aromatic carbocycles. The number of carbonyl (C=O) groups excluding carboxylic acids is 2. The molecule has 0 rings (SSSR count). The van der Waals surface area contributed by atoms with Crippen LogP contribution in [0.25, 0.3) is 0 Å². The molecule has 0 aliphatic rings. The van der Waals surface area contributed by atoms with Crippen molar-refractivity contribution in [2.45, 2.75) is 32.1 Å². The molecule has 0 aliphatic heterocycles. The van der Waals surface area contributed by atoms with E-state index < -0.39 is 0 Å². The molecule has 0 unspecified atom stereocenters. The molecule has 0 amide bonds. The van der Waals surface area contributed by atoms with Crippen LogP contribution in [0.15, 0.2) is 12.7 Å². The molecule has 0 heterocycles. The summed E-state index contributed by atoms with van der Waals surface area (Å²) < 4.78 is 4.48. The Kier molecular flexibility index (Phi) is 6.88. The first-order chi connectivity index (χ1) is 6.20. The Morgan fingerprint density at radius 3 is 2.38 bits per heavy atom. The van der Waals surface area contributed by atoms with Gasteiger partial charge in [-0.25, -0.2) is 0 Å². The van der Waals surface area contributed by atoms with Gasteiger partial charge in [0.2, 0.25) is 0 Å². The highest BCUT2D eigenvalue weighted by Crippen LogP contribution is 2.04. The lowest BCUT2D eigenvalue weighted by atomic mass is 10.1. The van der Waals surface area contributed by atoms with Crippen LogP contribution in [0.3, 0.4) is 0 Å². The maximum atomic E-state index is 10.8. The highest BCUT2D eigenvalue weighted by atomic mass is 16.5. The molecule has 0 saturated carbocycles. The van der Waals surface area contributed by atoms with E-state index in [0.29, 0.717) is 12.8 Å². The van der Waals surface area contributed by atoms with E-state index in [9.17, 15) is 9.59 Å². The number of ketones is 1. The van der Waals surface area contributed by atoms with Gasteiger partial charge >= 0.3 is 5.97 Å². The zero-order chi connectivity index (χ0) is 10.1. The van der Waals surface area contributed by atoms with Crippen LogP contribution in [0.2, 0.25) is 0 Å². The zero-order valence-electron chi connectivity index (χ0n) is 8.04. The lowest BCUT2D eigenvalue weighted by molar-refractivity contribution is -0.140. The fourth-order valence-electron chi connectivity index (χ4n) is 0.949. The topological polar surface area (TPSA) is 43.4 Å². The summed E-state index contributed by atoms with van der Waals surface area (Å²) >= 11 is 0. The lowest BCUT2D eigenvalue weighted by Gasteiger charge is -1.98. The summed E-state index contributed by atoms with van der Waals surface area (Å²) in [6, 6.07) is 0. The van der Waals surface area contributed by atoms with E-state index in [-0.39, 0.29) is 11.8 Å². The fraction of sp³-hybridized carbons (Fsp3) is 0.600. The number of hydrogen-bond acceptors (Lipinski definition) is 3. The third kappa shape index (κ3) is 7.25. The molecule has 0 fully saturated rings. The number of methoxy groups -OCH3 is 1. The van der Waals surface area contributed by atoms with Crippen LogP contribution in [0.4, 0.5) is 0 Å². The van der Waals surface area contributed by atoms with Crippen molar-refractivity contribution in [3.05, 3.63) is 12.7 Å². The third-order valence-electron chi connectivity index (χ3n) is 1.76. The summed E-state index contributed by atoms with van der Waals surface area (Å²) in [5, 5.41) is 0. The second kappa shape index (κ2) is 7.53. The van der Waals surface area contributed by atoms with Crippen LogP contribution in [-0.4, -0.2) is 18.9 Å². The minimum absolute atomic E-state index is 0.0677. The van der Waals surface area contributed by atoms with E-state index >= 15 is 0 Å². The number of carbonyl (C=O) groups is 2. The first-order valence-electron chi connectivity index (χ1n) is 4.42. The zero-order valence-corrected chi connectivity index (χ0v) is 8.04. The van der Waals surface area contributed by atoms with Crippen LogP contribution < -0.4 is 0 Å². The van der Waals surface area contributed by atoms with Crippen molar-refractivity contribution in [3.63, 3.8) is 0 Å². The highest BCUT2D eigenvalue weighted by Gasteiger charge is 2.00. The molecule has 0 bridgehead atoms. The third-order valence-corrected chi connectivity index (χ3v) is 1.76. The first-order valence-corrected chi connectivity index (χ1v) is 4.42. The first kappa shape index (κ1) is 11.9. The normalized spacial score (nSPS) is 9.31. The van der Waals surface area contributed by atoms with Gasteiger partial charge in [-0.3, -0.25) is 9.59 Å². The van der Waals surface area contributed by atoms with Gasteiger partial charge in [-0.05, 0) is 18.9 Å². The van der Waals surface area contributed by atoms with Gasteiger partial charge in [0.15, 0.2) is 5.78 Å². The van der Waals surface area contributed by atoms with Crippen LogP contribution in [0.1, 0.15) is 32.1 Å². The van der Waals surface area contributed by atoms with Gasteiger partial charge in [0.25, 0.3) is 0 Å². The number of hydrogen-bond donors (Lipinski definition) is 0. The second-order valence-electron chi connectivity index (χ2n) is 2.81. The Bertz CT molecular complexity index is 185. The van der Waals surface area contributed by atoms with Crippen LogP contribution >= 0.6 is 0 Å². The highest BCUT2D eigenvalue weighted by molar-refractivity contribution is 5.88. The van der Waals surface area contributed by atoms with E-state index in [1.807, 2.05) is 0 Å². The molecule has 0 atom stereocenters. The second-order valence-corrected chi connectivity index (χ2v) is 2.81. The minimum atomic E-state index is -0.185. The van der Waals surface area contributed by atoms with E-state index in [2.05, 4.69) is 11.3 Å². The van der Waals surface area contributed by atoms with Crippen molar-refractivity contribution in [1.29, 1.82) is 0 Å². The molecular formula is C10H16O3. The smallest absolute Gasteiger partial charge is 0.305 e. The SMILES string of the molecule is C=CC(=O)CCCCCC(=O)OC. The van der Waals surface area contributed by atoms with Gasteiger partial charge in [-0.2, -0.15) is 0 Å². The van der Waals surface area contributed by atoms with Gasteiger partial charge in [0.05, 0.1) is 7.11 Å². The summed E-state index contributed by atoms with van der Waals surface area (Å²) in [4.78, 5) is 21.4. The van der Waals surface area contributed by atoms with Crippen molar-refractivity contribution in [2.24, 2.45) is 0 Å². The van der Waals surface area contributed by atoms with Crippen LogP contribution in [0, 0.1) is 0 Å². The van der Waals surface area contributed by atoms with Gasteiger partial charge in [-0.15, -0.1) is 0 Å². The number of ether oxygens (including phenoxy) is 1. The summed E-state index contributed by atoms with van der Waals surface area (Å²) in [6.07, 6.45) is 4.80. The van der Waals surface area contributed by atoms with Gasteiger partial charge in [0.1, 0.15) is 0 Å². The largest absolute Gasteiger partial charge is 0.469 e. The van der Waals surface area contributed by atoms with Gasteiger partial charge in [0, 0.05) is 12.8 Å². The summed E-state index contributed by atoms with van der Waals surface area (Å²) in [7, 11) is 1.38. The van der Waals surface area contributed by atoms with Crippen molar-refractivity contribution in [1.82, 2.24) is 0 Å². The van der Waals surface area contributed by atoms with Crippen LogP contribution in [-0.2, 0) is 14.3 Å². The quantitative estimate of drug-likeness (QED) is 0.344. The van der Waals surface area contributed by atoms with Gasteiger partial charge < -0.3 is 4.74 Å². The van der Waals surface area contributed by atoms with Crippen molar-refractivity contribution in [2.75, 3.05) is 7.11 Å². The summed E-state index contributed by atoms with van der Waals surface area (Å²) in [6.45, 7) is 3.38. The predicted molar refractivity (Wildman–Crippen MR) is 50.3 cm³/mol. The average molecular weight is 184 g/mol. The molecule has 3 nitrogen and oxygen atoms in total. The van der Waals surface area contributed by atoms with Gasteiger partial charge in [-0.1, -0.05) is 13.0 Å². The van der Waals surface area contributed by atoms with Crippen molar-refractivity contribution < 1.29 is 14.3 Å². The van der Waals surface area contributed by atoms with Crippen molar-refractivity contribution >= 4 is 11.8 Å². The predicted octanol–water partition coefficient (Wildman–Crippen LogP) is 1.86. The summed E-state index contributed by atoms with van der Waals surface area (Å²) in [5.41, 5.74) is 0. The van der Waals surface area contributed by atoms with E-state index in [1.54, 1.807) is 0 Å². The Morgan fingerprint density at radius 1 is 1.23 bits per heavy atom. The fourth-order valence-corrected chi connectivity index (χ4v) is 0.949.